The van der Waals surface area contributed by atoms with Gasteiger partial charge in [0, 0.05) is 25.0 Å². The summed E-state index contributed by atoms with van der Waals surface area (Å²) in [6, 6.07) is 11.0. The van der Waals surface area contributed by atoms with E-state index in [1.807, 2.05) is 41.9 Å². The molecular formula is C18H16N6O2S. The van der Waals surface area contributed by atoms with Gasteiger partial charge in [-0.15, -0.1) is 10.2 Å². The maximum absolute atomic E-state index is 12.7. The van der Waals surface area contributed by atoms with Gasteiger partial charge >= 0.3 is 0 Å². The zero-order chi connectivity index (χ0) is 18.8. The molecule has 27 heavy (non-hydrogen) atoms. The van der Waals surface area contributed by atoms with E-state index in [0.29, 0.717) is 22.4 Å². The monoisotopic (exact) mass is 380 g/mol. The van der Waals surface area contributed by atoms with E-state index in [1.165, 1.54) is 16.7 Å². The molecule has 1 N–H and O–H groups in total. The number of fused-ring (bicyclic) bond motifs is 1. The number of carbonyl (C=O) groups excluding carboxylic acids is 2. The van der Waals surface area contributed by atoms with E-state index in [4.69, 9.17) is 0 Å². The molecule has 1 aliphatic heterocycles. The lowest BCUT2D eigenvalue weighted by Crippen LogP contribution is -2.43. The maximum atomic E-state index is 12.7. The molecule has 0 spiro atoms. The fraction of sp³-hybridized carbons (Fsp3) is 0.167. The van der Waals surface area contributed by atoms with E-state index in [2.05, 4.69) is 20.5 Å². The van der Waals surface area contributed by atoms with Gasteiger partial charge < -0.3 is 14.8 Å². The largest absolute Gasteiger partial charge is 0.323 e. The van der Waals surface area contributed by atoms with E-state index in [-0.39, 0.29) is 24.1 Å². The molecule has 1 aliphatic rings. The topological polar surface area (TPSA) is 93.0 Å². The Bertz CT molecular complexity index is 1000. The third-order valence-electron chi connectivity index (χ3n) is 4.15. The zero-order valence-electron chi connectivity index (χ0n) is 14.5. The number of para-hydroxylation sites is 2. The van der Waals surface area contributed by atoms with Crippen LogP contribution >= 0.6 is 11.8 Å². The number of carbonyl (C=O) groups is 2. The van der Waals surface area contributed by atoms with Crippen molar-refractivity contribution in [3.63, 3.8) is 0 Å². The third-order valence-corrected chi connectivity index (χ3v) is 5.16. The van der Waals surface area contributed by atoms with Crippen LogP contribution in [0.15, 0.2) is 53.9 Å². The van der Waals surface area contributed by atoms with Gasteiger partial charge in [-0.2, -0.15) is 0 Å². The molecule has 3 aromatic rings. The van der Waals surface area contributed by atoms with Crippen LogP contribution in [0.5, 0.6) is 0 Å². The highest BCUT2D eigenvalue weighted by Crippen LogP contribution is 2.30. The zero-order valence-corrected chi connectivity index (χ0v) is 15.3. The minimum Gasteiger partial charge on any atom is -0.323 e. The summed E-state index contributed by atoms with van der Waals surface area (Å²) in [5, 5.41) is 11.8. The molecule has 2 aromatic heterocycles. The summed E-state index contributed by atoms with van der Waals surface area (Å²) in [4.78, 5) is 30.2. The number of rotatable bonds is 4. The molecule has 136 valence electrons. The number of anilines is 2. The average molecular weight is 380 g/mol. The fourth-order valence-corrected chi connectivity index (χ4v) is 3.63. The van der Waals surface area contributed by atoms with Crippen molar-refractivity contribution in [3.8, 4) is 11.4 Å². The third kappa shape index (κ3) is 3.41. The lowest BCUT2D eigenvalue weighted by atomic mass is 10.2. The van der Waals surface area contributed by atoms with Gasteiger partial charge in [0.15, 0.2) is 11.0 Å². The highest BCUT2D eigenvalue weighted by Gasteiger charge is 2.27. The molecule has 8 nitrogen and oxygen atoms in total. The number of pyridine rings is 1. The molecule has 0 unspecified atom stereocenters. The molecule has 0 aliphatic carbocycles. The second-order valence-electron chi connectivity index (χ2n) is 5.94. The summed E-state index contributed by atoms with van der Waals surface area (Å²) in [6.45, 7) is 0.0101. The van der Waals surface area contributed by atoms with Crippen LogP contribution in [0.25, 0.3) is 11.4 Å². The van der Waals surface area contributed by atoms with Gasteiger partial charge in [-0.1, -0.05) is 23.9 Å². The van der Waals surface area contributed by atoms with Crippen LogP contribution < -0.4 is 10.2 Å². The van der Waals surface area contributed by atoms with Crippen LogP contribution in [0.2, 0.25) is 0 Å². The molecule has 0 saturated heterocycles. The van der Waals surface area contributed by atoms with E-state index < -0.39 is 0 Å². The molecule has 9 heteroatoms. The lowest BCUT2D eigenvalue weighted by Gasteiger charge is -2.28. The molecule has 0 bridgehead atoms. The van der Waals surface area contributed by atoms with Crippen LogP contribution in [0.1, 0.15) is 0 Å². The Morgan fingerprint density at radius 1 is 1.22 bits per heavy atom. The number of benzene rings is 1. The van der Waals surface area contributed by atoms with Gasteiger partial charge in [-0.05, 0) is 24.3 Å². The molecule has 1 aromatic carbocycles. The minimum absolute atomic E-state index is 0.0101. The fourth-order valence-electron chi connectivity index (χ4n) is 2.85. The minimum atomic E-state index is -0.204. The first-order valence-corrected chi connectivity index (χ1v) is 9.24. The molecule has 0 radical (unpaired) electrons. The SMILES string of the molecule is Cn1c(SCC(=O)N2CC(=O)Nc3ccccc32)nnc1-c1cccnc1. The van der Waals surface area contributed by atoms with Crippen molar-refractivity contribution in [3.05, 3.63) is 48.8 Å². The Kier molecular flexibility index (Phi) is 4.59. The molecule has 4 rings (SSSR count). The Morgan fingerprint density at radius 3 is 2.89 bits per heavy atom. The van der Waals surface area contributed by atoms with Crippen molar-refractivity contribution in [1.29, 1.82) is 0 Å². The molecule has 0 atom stereocenters. The molecular weight excluding hydrogens is 364 g/mol. The van der Waals surface area contributed by atoms with Gasteiger partial charge in [0.2, 0.25) is 11.8 Å². The molecule has 2 amide bonds. The van der Waals surface area contributed by atoms with Crippen molar-refractivity contribution >= 4 is 35.0 Å². The first-order chi connectivity index (χ1) is 13.1. The van der Waals surface area contributed by atoms with Gasteiger partial charge in [-0.3, -0.25) is 14.6 Å². The Morgan fingerprint density at radius 2 is 2.07 bits per heavy atom. The van der Waals surface area contributed by atoms with Crippen molar-refractivity contribution < 1.29 is 9.59 Å². The molecule has 0 fully saturated rings. The Hall–Kier alpha value is -3.20. The lowest BCUT2D eigenvalue weighted by molar-refractivity contribution is -0.120. The van der Waals surface area contributed by atoms with Crippen LogP contribution in [-0.2, 0) is 16.6 Å². The van der Waals surface area contributed by atoms with E-state index in [1.54, 1.807) is 18.5 Å². The first kappa shape index (κ1) is 17.2. The number of thioether (sulfide) groups is 1. The highest BCUT2D eigenvalue weighted by molar-refractivity contribution is 7.99. The summed E-state index contributed by atoms with van der Waals surface area (Å²) in [6.07, 6.45) is 3.41. The normalized spacial score (nSPS) is 13.2. The van der Waals surface area contributed by atoms with Crippen molar-refractivity contribution in [2.75, 3.05) is 22.5 Å². The molecule has 0 saturated carbocycles. The van der Waals surface area contributed by atoms with Gasteiger partial charge in [0.1, 0.15) is 6.54 Å². The first-order valence-electron chi connectivity index (χ1n) is 8.25. The van der Waals surface area contributed by atoms with Gasteiger partial charge in [-0.25, -0.2) is 0 Å². The van der Waals surface area contributed by atoms with Crippen LogP contribution in [0, 0.1) is 0 Å². The maximum Gasteiger partial charge on any atom is 0.244 e. The van der Waals surface area contributed by atoms with Crippen LogP contribution in [-0.4, -0.2) is 43.9 Å². The van der Waals surface area contributed by atoms with Gasteiger partial charge in [0.25, 0.3) is 0 Å². The van der Waals surface area contributed by atoms with Crippen molar-refractivity contribution in [2.24, 2.45) is 7.05 Å². The second-order valence-corrected chi connectivity index (χ2v) is 6.88. The van der Waals surface area contributed by atoms with Gasteiger partial charge in [0.05, 0.1) is 17.1 Å². The quantitative estimate of drug-likeness (QED) is 0.696. The highest BCUT2D eigenvalue weighted by atomic mass is 32.2. The number of aromatic nitrogens is 4. The number of nitrogens with one attached hydrogen (secondary N) is 1. The Balaban J connectivity index is 1.49. The summed E-state index contributed by atoms with van der Waals surface area (Å²) in [5.74, 6) is 0.471. The standard InChI is InChI=1S/C18H16N6O2S/c1-23-17(12-5-4-8-19-9-12)21-22-18(23)27-11-16(26)24-10-15(25)20-13-6-2-3-7-14(13)24/h2-9H,10-11H2,1H3,(H,20,25). The molecule has 3 heterocycles. The summed E-state index contributed by atoms with van der Waals surface area (Å²) in [5.41, 5.74) is 2.20. The summed E-state index contributed by atoms with van der Waals surface area (Å²) < 4.78 is 1.83. The average Bonchev–Trinajstić information content (AvgIpc) is 3.06. The van der Waals surface area contributed by atoms with Crippen LogP contribution in [0.4, 0.5) is 11.4 Å². The Labute approximate surface area is 159 Å². The number of hydrogen-bond acceptors (Lipinski definition) is 6. The smallest absolute Gasteiger partial charge is 0.244 e. The second kappa shape index (κ2) is 7.20. The van der Waals surface area contributed by atoms with Crippen molar-refractivity contribution in [1.82, 2.24) is 19.7 Å². The van der Waals surface area contributed by atoms with E-state index in [9.17, 15) is 9.59 Å². The summed E-state index contributed by atoms with van der Waals surface area (Å²) >= 11 is 1.29. The predicted octanol–water partition coefficient (Wildman–Crippen LogP) is 1.95. The predicted molar refractivity (Wildman–Crippen MR) is 102 cm³/mol. The number of nitrogens with zero attached hydrogens (tertiary/aromatic N) is 5. The summed E-state index contributed by atoms with van der Waals surface area (Å²) in [7, 11) is 1.85. The van der Waals surface area contributed by atoms with Crippen molar-refractivity contribution in [2.45, 2.75) is 5.16 Å². The number of hydrogen-bond donors (Lipinski definition) is 1. The van der Waals surface area contributed by atoms with E-state index in [0.717, 1.165) is 5.56 Å². The van der Waals surface area contributed by atoms with Crippen LogP contribution in [0.3, 0.4) is 0 Å². The van der Waals surface area contributed by atoms with E-state index >= 15 is 0 Å². The number of amides is 2.